The summed E-state index contributed by atoms with van der Waals surface area (Å²) in [7, 11) is -0.588. The zero-order chi connectivity index (χ0) is 15.3. The first kappa shape index (κ1) is 16.7. The minimum absolute atomic E-state index is 0.0366. The number of hydrogen-bond acceptors (Lipinski definition) is 5. The minimum Gasteiger partial charge on any atom is -0.396 e. The van der Waals surface area contributed by atoms with Crippen LogP contribution in [-0.4, -0.2) is 46.1 Å². The molecule has 0 fully saturated rings. The number of nitrogens with one attached hydrogen (secondary N) is 1. The van der Waals surface area contributed by atoms with Crippen molar-refractivity contribution in [3.63, 3.8) is 0 Å². The Morgan fingerprint density at radius 3 is 2.60 bits per heavy atom. The highest BCUT2D eigenvalue weighted by Gasteiger charge is 2.22. The number of hydrogen-bond donors (Lipinski definition) is 2. The molecule has 1 aromatic carbocycles. The van der Waals surface area contributed by atoms with Gasteiger partial charge in [0.25, 0.3) is 0 Å². The maximum Gasteiger partial charge on any atom is 0.244 e. The smallest absolute Gasteiger partial charge is 0.244 e. The third-order valence-corrected chi connectivity index (χ3v) is 4.67. The van der Waals surface area contributed by atoms with Crippen molar-refractivity contribution in [1.29, 1.82) is 0 Å². The molecule has 1 unspecified atom stereocenters. The molecule has 0 aromatic heterocycles. The molecule has 1 rings (SSSR count). The third kappa shape index (κ3) is 3.84. The molecule has 0 spiro atoms. The van der Waals surface area contributed by atoms with E-state index in [9.17, 15) is 8.42 Å². The van der Waals surface area contributed by atoms with Crippen LogP contribution in [-0.2, 0) is 14.8 Å². The molecule has 0 aliphatic heterocycles. The summed E-state index contributed by atoms with van der Waals surface area (Å²) in [5, 5.41) is 3.16. The largest absolute Gasteiger partial charge is 0.396 e. The standard InChI is InChI=1S/C13H23N3O3S/c1-5-19-9-10(2)15-11-7-6-8-12(13(11)14)20(17,18)16(3)4/h6-8,10,15H,5,9,14H2,1-4H3. The van der Waals surface area contributed by atoms with Crippen molar-refractivity contribution in [3.05, 3.63) is 18.2 Å². The van der Waals surface area contributed by atoms with E-state index in [0.717, 1.165) is 4.31 Å². The second-order valence-electron chi connectivity index (χ2n) is 4.71. The van der Waals surface area contributed by atoms with Crippen molar-refractivity contribution in [2.75, 3.05) is 38.4 Å². The Kier molecular flexibility index (Phi) is 5.79. The quantitative estimate of drug-likeness (QED) is 0.743. The van der Waals surface area contributed by atoms with Gasteiger partial charge in [0.15, 0.2) is 0 Å². The molecule has 0 heterocycles. The van der Waals surface area contributed by atoms with Gasteiger partial charge in [-0.3, -0.25) is 0 Å². The normalized spacial score (nSPS) is 13.4. The van der Waals surface area contributed by atoms with Gasteiger partial charge in [-0.1, -0.05) is 6.07 Å². The molecule has 0 amide bonds. The highest BCUT2D eigenvalue weighted by atomic mass is 32.2. The van der Waals surface area contributed by atoms with Crippen molar-refractivity contribution >= 4 is 21.4 Å². The van der Waals surface area contributed by atoms with Crippen molar-refractivity contribution in [1.82, 2.24) is 4.31 Å². The maximum atomic E-state index is 12.2. The van der Waals surface area contributed by atoms with E-state index in [1.807, 2.05) is 13.8 Å². The van der Waals surface area contributed by atoms with Gasteiger partial charge in [-0.15, -0.1) is 0 Å². The number of rotatable bonds is 7. The Bertz CT molecular complexity index is 544. The van der Waals surface area contributed by atoms with Crippen molar-refractivity contribution in [3.8, 4) is 0 Å². The van der Waals surface area contributed by atoms with Crippen molar-refractivity contribution in [2.45, 2.75) is 24.8 Å². The van der Waals surface area contributed by atoms with Crippen LogP contribution in [0.25, 0.3) is 0 Å². The summed E-state index contributed by atoms with van der Waals surface area (Å²) in [5.41, 5.74) is 6.80. The fourth-order valence-corrected chi connectivity index (χ4v) is 2.73. The monoisotopic (exact) mass is 301 g/mol. The summed E-state index contributed by atoms with van der Waals surface area (Å²) in [5.74, 6) is 0. The number of sulfonamides is 1. The van der Waals surface area contributed by atoms with Gasteiger partial charge in [-0.25, -0.2) is 12.7 Å². The van der Waals surface area contributed by atoms with Crippen LogP contribution in [0.4, 0.5) is 11.4 Å². The van der Waals surface area contributed by atoms with E-state index in [-0.39, 0.29) is 16.6 Å². The summed E-state index contributed by atoms with van der Waals surface area (Å²) in [6.07, 6.45) is 0. The molecule has 3 N–H and O–H groups in total. The molecule has 0 saturated carbocycles. The van der Waals surface area contributed by atoms with Gasteiger partial charge in [0, 0.05) is 26.7 Å². The van der Waals surface area contributed by atoms with Crippen LogP contribution >= 0.6 is 0 Å². The Hall–Kier alpha value is -1.31. The van der Waals surface area contributed by atoms with Crippen LogP contribution in [0.2, 0.25) is 0 Å². The Morgan fingerprint density at radius 2 is 2.05 bits per heavy atom. The lowest BCUT2D eigenvalue weighted by atomic mass is 10.2. The van der Waals surface area contributed by atoms with Gasteiger partial charge in [-0.2, -0.15) is 0 Å². The predicted octanol–water partition coefficient (Wildman–Crippen LogP) is 1.36. The Morgan fingerprint density at radius 1 is 1.40 bits per heavy atom. The fraction of sp³-hybridized carbons (Fsp3) is 0.538. The van der Waals surface area contributed by atoms with Crippen LogP contribution in [0.15, 0.2) is 23.1 Å². The molecule has 0 aliphatic rings. The number of benzene rings is 1. The van der Waals surface area contributed by atoms with Crippen LogP contribution in [0.5, 0.6) is 0 Å². The number of ether oxygens (including phenoxy) is 1. The van der Waals surface area contributed by atoms with Crippen LogP contribution in [0.3, 0.4) is 0 Å². The maximum absolute atomic E-state index is 12.2. The molecule has 1 atom stereocenters. The van der Waals surface area contributed by atoms with E-state index < -0.39 is 10.0 Å². The minimum atomic E-state index is -3.55. The molecular weight excluding hydrogens is 278 g/mol. The second kappa shape index (κ2) is 6.92. The molecule has 20 heavy (non-hydrogen) atoms. The SMILES string of the molecule is CCOCC(C)Nc1cccc(S(=O)(=O)N(C)C)c1N. The third-order valence-electron chi connectivity index (χ3n) is 2.80. The summed E-state index contributed by atoms with van der Waals surface area (Å²) in [4.78, 5) is 0.108. The van der Waals surface area contributed by atoms with Crippen LogP contribution < -0.4 is 11.1 Å². The summed E-state index contributed by atoms with van der Waals surface area (Å²) in [6.45, 7) is 5.03. The molecule has 7 heteroatoms. The van der Waals surface area contributed by atoms with Crippen molar-refractivity contribution < 1.29 is 13.2 Å². The average Bonchev–Trinajstić information content (AvgIpc) is 2.38. The van der Waals surface area contributed by atoms with Gasteiger partial charge in [-0.05, 0) is 26.0 Å². The van der Waals surface area contributed by atoms with E-state index in [2.05, 4.69) is 5.32 Å². The number of anilines is 2. The van der Waals surface area contributed by atoms with Gasteiger partial charge in [0.05, 0.1) is 18.0 Å². The first-order valence-electron chi connectivity index (χ1n) is 6.46. The fourth-order valence-electron chi connectivity index (χ4n) is 1.69. The highest BCUT2D eigenvalue weighted by molar-refractivity contribution is 7.89. The predicted molar refractivity (Wildman–Crippen MR) is 81.3 cm³/mol. The zero-order valence-electron chi connectivity index (χ0n) is 12.4. The van der Waals surface area contributed by atoms with Gasteiger partial charge < -0.3 is 15.8 Å². The zero-order valence-corrected chi connectivity index (χ0v) is 13.2. The van der Waals surface area contributed by atoms with Gasteiger partial charge in [0.1, 0.15) is 4.90 Å². The van der Waals surface area contributed by atoms with E-state index >= 15 is 0 Å². The number of nitrogen functional groups attached to an aromatic ring is 1. The summed E-state index contributed by atoms with van der Waals surface area (Å²) < 4.78 is 30.8. The molecular formula is C13H23N3O3S. The summed E-state index contributed by atoms with van der Waals surface area (Å²) in [6, 6.07) is 4.97. The molecule has 0 aliphatic carbocycles. The highest BCUT2D eigenvalue weighted by Crippen LogP contribution is 2.28. The lowest BCUT2D eigenvalue weighted by molar-refractivity contribution is 0.141. The molecule has 1 aromatic rings. The number of para-hydroxylation sites is 1. The number of nitrogens with zero attached hydrogens (tertiary/aromatic N) is 1. The van der Waals surface area contributed by atoms with Crippen molar-refractivity contribution in [2.24, 2.45) is 0 Å². The lowest BCUT2D eigenvalue weighted by Crippen LogP contribution is -2.25. The van der Waals surface area contributed by atoms with Crippen LogP contribution in [0.1, 0.15) is 13.8 Å². The topological polar surface area (TPSA) is 84.7 Å². The van der Waals surface area contributed by atoms with Gasteiger partial charge >= 0.3 is 0 Å². The Labute approximate surface area is 121 Å². The first-order valence-corrected chi connectivity index (χ1v) is 7.90. The molecule has 0 radical (unpaired) electrons. The average molecular weight is 301 g/mol. The van der Waals surface area contributed by atoms with E-state index in [1.54, 1.807) is 12.1 Å². The molecule has 0 saturated heterocycles. The molecule has 0 bridgehead atoms. The molecule has 6 nitrogen and oxygen atoms in total. The van der Waals surface area contributed by atoms with E-state index in [0.29, 0.717) is 18.9 Å². The van der Waals surface area contributed by atoms with Crippen LogP contribution in [0, 0.1) is 0 Å². The second-order valence-corrected chi connectivity index (χ2v) is 6.83. The summed E-state index contributed by atoms with van der Waals surface area (Å²) >= 11 is 0. The van der Waals surface area contributed by atoms with Gasteiger partial charge in [0.2, 0.25) is 10.0 Å². The number of nitrogens with two attached hydrogens (primary N) is 1. The Balaban J connectivity index is 3.02. The van der Waals surface area contributed by atoms with E-state index in [4.69, 9.17) is 10.5 Å². The van der Waals surface area contributed by atoms with E-state index in [1.165, 1.54) is 20.2 Å². The lowest BCUT2D eigenvalue weighted by Gasteiger charge is -2.19. The first-order chi connectivity index (χ1) is 9.30. The molecule has 114 valence electrons.